The van der Waals surface area contributed by atoms with Crippen molar-refractivity contribution in [2.24, 2.45) is 0 Å². The van der Waals surface area contributed by atoms with Crippen molar-refractivity contribution >= 4 is 39.5 Å². The van der Waals surface area contributed by atoms with Gasteiger partial charge in [-0.3, -0.25) is 9.59 Å². The molecule has 2 amide bonds. The molecule has 0 radical (unpaired) electrons. The Balaban J connectivity index is 1.92. The summed E-state index contributed by atoms with van der Waals surface area (Å²) >= 11 is 3.38. The number of methoxy groups -OCH3 is 1. The number of hydrogen-bond acceptors (Lipinski definition) is 3. The van der Waals surface area contributed by atoms with Crippen molar-refractivity contribution in [2.75, 3.05) is 19.0 Å². The number of carbonyl (C=O) groups is 2. The molecule has 0 spiro atoms. The first-order valence-electron chi connectivity index (χ1n) is 8.06. The lowest BCUT2D eigenvalue weighted by Crippen LogP contribution is -2.32. The van der Waals surface area contributed by atoms with Gasteiger partial charge in [-0.25, -0.2) is 0 Å². The van der Waals surface area contributed by atoms with Crippen LogP contribution in [0.25, 0.3) is 6.08 Å². The molecule has 2 rings (SSSR count). The van der Waals surface area contributed by atoms with Crippen molar-refractivity contribution in [3.8, 4) is 5.75 Å². The van der Waals surface area contributed by atoms with E-state index in [1.54, 1.807) is 19.3 Å². The summed E-state index contributed by atoms with van der Waals surface area (Å²) in [5.74, 6) is 0.0258. The fourth-order valence-electron chi connectivity index (χ4n) is 2.42. The van der Waals surface area contributed by atoms with E-state index in [-0.39, 0.29) is 18.4 Å². The summed E-state index contributed by atoms with van der Waals surface area (Å²) in [6, 6.07) is 11.3. The smallest absolute Gasteiger partial charge is 0.244 e. The van der Waals surface area contributed by atoms with E-state index in [1.165, 1.54) is 6.08 Å². The maximum Gasteiger partial charge on any atom is 0.244 e. The molecular weight excluding hydrogens is 396 g/mol. The lowest BCUT2D eigenvalue weighted by molar-refractivity contribution is -0.121. The molecule has 6 heteroatoms. The van der Waals surface area contributed by atoms with Crippen LogP contribution in [0.1, 0.15) is 16.7 Å². The molecule has 0 aliphatic heterocycles. The Morgan fingerprint density at radius 1 is 1.15 bits per heavy atom. The van der Waals surface area contributed by atoms with Gasteiger partial charge in [-0.2, -0.15) is 0 Å². The van der Waals surface area contributed by atoms with E-state index in [2.05, 4.69) is 26.6 Å². The van der Waals surface area contributed by atoms with Crippen LogP contribution in [0, 0.1) is 13.8 Å². The molecule has 0 heterocycles. The maximum absolute atomic E-state index is 12.1. The van der Waals surface area contributed by atoms with E-state index < -0.39 is 0 Å². The Bertz CT molecular complexity index is 827. The number of amides is 2. The van der Waals surface area contributed by atoms with Gasteiger partial charge < -0.3 is 15.4 Å². The minimum absolute atomic E-state index is 0.105. The van der Waals surface area contributed by atoms with Gasteiger partial charge in [0.05, 0.1) is 13.7 Å². The van der Waals surface area contributed by atoms with Crippen LogP contribution >= 0.6 is 15.9 Å². The molecule has 0 bridgehead atoms. The Morgan fingerprint density at radius 3 is 2.50 bits per heavy atom. The number of ether oxygens (including phenoxy) is 1. The van der Waals surface area contributed by atoms with E-state index in [9.17, 15) is 9.59 Å². The SMILES string of the molecule is COc1ccc(Br)cc1/C=C/C(=O)NCC(=O)Nc1c(C)cccc1C. The largest absolute Gasteiger partial charge is 0.496 e. The second-order valence-electron chi connectivity index (χ2n) is 5.75. The summed E-state index contributed by atoms with van der Waals surface area (Å²) in [6.45, 7) is 3.75. The average molecular weight is 417 g/mol. The van der Waals surface area contributed by atoms with E-state index in [1.807, 2.05) is 44.2 Å². The van der Waals surface area contributed by atoms with E-state index in [0.717, 1.165) is 26.9 Å². The third-order valence-electron chi connectivity index (χ3n) is 3.77. The van der Waals surface area contributed by atoms with Gasteiger partial charge in [0.1, 0.15) is 5.75 Å². The number of aryl methyl sites for hydroxylation is 2. The molecule has 0 aliphatic carbocycles. The van der Waals surface area contributed by atoms with E-state index >= 15 is 0 Å². The molecule has 0 saturated heterocycles. The number of halogens is 1. The molecule has 0 saturated carbocycles. The Hall–Kier alpha value is -2.60. The molecule has 2 N–H and O–H groups in total. The second kappa shape index (κ2) is 9.20. The maximum atomic E-state index is 12.1. The van der Waals surface area contributed by atoms with Crippen molar-refractivity contribution in [2.45, 2.75) is 13.8 Å². The number of nitrogens with one attached hydrogen (secondary N) is 2. The van der Waals surface area contributed by atoms with Crippen LogP contribution < -0.4 is 15.4 Å². The summed E-state index contributed by atoms with van der Waals surface area (Å²) in [6.07, 6.45) is 3.01. The van der Waals surface area contributed by atoms with Crippen LogP contribution in [0.3, 0.4) is 0 Å². The first-order chi connectivity index (χ1) is 12.4. The van der Waals surface area contributed by atoms with Gasteiger partial charge in [0, 0.05) is 21.8 Å². The highest BCUT2D eigenvalue weighted by Crippen LogP contribution is 2.24. The highest BCUT2D eigenvalue weighted by molar-refractivity contribution is 9.10. The zero-order valence-electron chi connectivity index (χ0n) is 14.9. The summed E-state index contributed by atoms with van der Waals surface area (Å²) in [5.41, 5.74) is 3.50. The molecule has 136 valence electrons. The number of rotatable bonds is 6. The monoisotopic (exact) mass is 416 g/mol. The molecule has 5 nitrogen and oxygen atoms in total. The predicted octanol–water partition coefficient (Wildman–Crippen LogP) is 3.84. The van der Waals surface area contributed by atoms with Crippen LogP contribution in [0.5, 0.6) is 5.75 Å². The van der Waals surface area contributed by atoms with Crippen molar-refractivity contribution < 1.29 is 14.3 Å². The topological polar surface area (TPSA) is 67.4 Å². The van der Waals surface area contributed by atoms with Crippen LogP contribution in [-0.2, 0) is 9.59 Å². The molecule has 0 atom stereocenters. The third-order valence-corrected chi connectivity index (χ3v) is 4.27. The number of hydrogen-bond donors (Lipinski definition) is 2. The third kappa shape index (κ3) is 5.46. The van der Waals surface area contributed by atoms with Crippen LogP contribution in [0.2, 0.25) is 0 Å². The van der Waals surface area contributed by atoms with Gasteiger partial charge in [0.25, 0.3) is 0 Å². The van der Waals surface area contributed by atoms with Gasteiger partial charge in [-0.05, 0) is 49.2 Å². The first kappa shape index (κ1) is 19.7. The molecule has 26 heavy (non-hydrogen) atoms. The average Bonchev–Trinajstić information content (AvgIpc) is 2.61. The fraction of sp³-hybridized carbons (Fsp3) is 0.200. The fourth-order valence-corrected chi connectivity index (χ4v) is 2.80. The van der Waals surface area contributed by atoms with Gasteiger partial charge in [-0.1, -0.05) is 34.1 Å². The Kier molecular flexibility index (Phi) is 6.97. The Labute approximate surface area is 161 Å². The number of carbonyl (C=O) groups excluding carboxylic acids is 2. The van der Waals surface area contributed by atoms with E-state index in [0.29, 0.717) is 5.75 Å². The van der Waals surface area contributed by atoms with Gasteiger partial charge in [0.2, 0.25) is 11.8 Å². The van der Waals surface area contributed by atoms with Crippen molar-refractivity contribution in [3.63, 3.8) is 0 Å². The highest BCUT2D eigenvalue weighted by Gasteiger charge is 2.08. The normalized spacial score (nSPS) is 10.6. The van der Waals surface area contributed by atoms with Gasteiger partial charge >= 0.3 is 0 Å². The Morgan fingerprint density at radius 2 is 1.85 bits per heavy atom. The molecule has 2 aromatic rings. The minimum atomic E-state index is -0.358. The molecule has 0 aliphatic rings. The molecule has 2 aromatic carbocycles. The van der Waals surface area contributed by atoms with E-state index in [4.69, 9.17) is 4.74 Å². The summed E-state index contributed by atoms with van der Waals surface area (Å²) in [7, 11) is 1.57. The van der Waals surface area contributed by atoms with Crippen LogP contribution in [0.15, 0.2) is 46.9 Å². The zero-order valence-corrected chi connectivity index (χ0v) is 16.5. The number of benzene rings is 2. The van der Waals surface area contributed by atoms with Crippen molar-refractivity contribution in [3.05, 3.63) is 63.6 Å². The van der Waals surface area contributed by atoms with Crippen molar-refractivity contribution in [1.82, 2.24) is 5.32 Å². The minimum Gasteiger partial charge on any atom is -0.496 e. The van der Waals surface area contributed by atoms with Crippen LogP contribution in [-0.4, -0.2) is 25.5 Å². The van der Waals surface area contributed by atoms with Gasteiger partial charge in [0.15, 0.2) is 0 Å². The quantitative estimate of drug-likeness (QED) is 0.702. The summed E-state index contributed by atoms with van der Waals surface area (Å²) < 4.78 is 6.13. The number of anilines is 1. The lowest BCUT2D eigenvalue weighted by Gasteiger charge is -2.11. The molecule has 0 unspecified atom stereocenters. The summed E-state index contributed by atoms with van der Waals surface area (Å²) in [4.78, 5) is 24.0. The lowest BCUT2D eigenvalue weighted by atomic mass is 10.1. The predicted molar refractivity (Wildman–Crippen MR) is 107 cm³/mol. The highest BCUT2D eigenvalue weighted by atomic mass is 79.9. The summed E-state index contributed by atoms with van der Waals surface area (Å²) in [5, 5.41) is 5.40. The van der Waals surface area contributed by atoms with Crippen molar-refractivity contribution in [1.29, 1.82) is 0 Å². The standard InChI is InChI=1S/C20H21BrN2O3/c1-13-5-4-6-14(2)20(13)23-19(25)12-22-18(24)10-7-15-11-16(21)8-9-17(15)26-3/h4-11H,12H2,1-3H3,(H,22,24)(H,23,25)/b10-7+. The van der Waals surface area contributed by atoms with Crippen LogP contribution in [0.4, 0.5) is 5.69 Å². The zero-order chi connectivity index (χ0) is 19.1. The molecule has 0 aromatic heterocycles. The number of para-hydroxylation sites is 1. The second-order valence-corrected chi connectivity index (χ2v) is 6.67. The van der Waals surface area contributed by atoms with Gasteiger partial charge in [-0.15, -0.1) is 0 Å². The molecule has 0 fully saturated rings. The molecular formula is C20H21BrN2O3. The first-order valence-corrected chi connectivity index (χ1v) is 8.85.